The monoisotopic (exact) mass is 308 g/mol. The van der Waals surface area contributed by atoms with Gasteiger partial charge in [-0.3, -0.25) is 14.5 Å². The molecule has 0 amide bonds. The van der Waals surface area contributed by atoms with E-state index in [1.54, 1.807) is 23.6 Å². The van der Waals surface area contributed by atoms with Gasteiger partial charge in [0, 0.05) is 11.6 Å². The molecule has 0 fully saturated rings. The minimum atomic E-state index is -0.474. The van der Waals surface area contributed by atoms with Gasteiger partial charge < -0.3 is 4.74 Å². The van der Waals surface area contributed by atoms with Gasteiger partial charge in [0.15, 0.2) is 0 Å². The van der Waals surface area contributed by atoms with E-state index in [4.69, 9.17) is 10.00 Å². The highest BCUT2D eigenvalue weighted by atomic mass is 16.6. The molecule has 7 nitrogen and oxygen atoms in total. The van der Waals surface area contributed by atoms with Gasteiger partial charge in [-0.15, -0.1) is 0 Å². The smallest absolute Gasteiger partial charge is 0.286 e. The molecule has 7 heteroatoms. The molecule has 0 spiro atoms. The van der Waals surface area contributed by atoms with Crippen molar-refractivity contribution in [1.29, 1.82) is 5.26 Å². The summed E-state index contributed by atoms with van der Waals surface area (Å²) in [5.41, 5.74) is 2.41. The highest BCUT2D eigenvalue weighted by molar-refractivity contribution is 5.72. The van der Waals surface area contributed by atoms with Crippen LogP contribution in [0.15, 0.2) is 42.6 Å². The molecule has 0 N–H and O–H groups in total. The zero-order chi connectivity index (χ0) is 16.4. The lowest BCUT2D eigenvalue weighted by Gasteiger charge is -2.07. The van der Waals surface area contributed by atoms with Gasteiger partial charge in [0.1, 0.15) is 11.4 Å². The van der Waals surface area contributed by atoms with Crippen LogP contribution in [-0.4, -0.2) is 21.4 Å². The van der Waals surface area contributed by atoms with E-state index < -0.39 is 4.92 Å². The predicted octanol–water partition coefficient (Wildman–Crippen LogP) is 2.98. The first-order valence-electron chi connectivity index (χ1n) is 6.81. The molecule has 0 aliphatic carbocycles. The van der Waals surface area contributed by atoms with Gasteiger partial charge in [0.25, 0.3) is 5.69 Å². The number of hydrogen-bond acceptors (Lipinski definition) is 5. The fourth-order valence-electron chi connectivity index (χ4n) is 2.49. The third-order valence-electron chi connectivity index (χ3n) is 3.52. The first-order valence-corrected chi connectivity index (χ1v) is 6.81. The van der Waals surface area contributed by atoms with Gasteiger partial charge in [0.05, 0.1) is 42.1 Å². The topological polar surface area (TPSA) is 93.5 Å². The molecule has 114 valence electrons. The summed E-state index contributed by atoms with van der Waals surface area (Å²) in [7, 11) is 1.56. The van der Waals surface area contributed by atoms with Crippen LogP contribution in [-0.2, 0) is 6.42 Å². The summed E-state index contributed by atoms with van der Waals surface area (Å²) in [5, 5.41) is 20.1. The van der Waals surface area contributed by atoms with Gasteiger partial charge in [-0.25, -0.2) is 4.98 Å². The van der Waals surface area contributed by atoms with E-state index in [0.717, 1.165) is 5.56 Å². The predicted molar refractivity (Wildman–Crippen MR) is 83.2 cm³/mol. The number of aromatic nitrogens is 2. The SMILES string of the molecule is COc1ccccc1-c1nc2ccc([N+](=O)[O-])cn2c1CC#N. The zero-order valence-corrected chi connectivity index (χ0v) is 12.3. The summed E-state index contributed by atoms with van der Waals surface area (Å²) in [6, 6.07) is 12.4. The normalized spacial score (nSPS) is 10.4. The first kappa shape index (κ1) is 14.5. The molecule has 3 rings (SSSR count). The Bertz CT molecular complexity index is 940. The van der Waals surface area contributed by atoms with Crippen molar-refractivity contribution in [3.8, 4) is 23.1 Å². The highest BCUT2D eigenvalue weighted by Crippen LogP contribution is 2.32. The van der Waals surface area contributed by atoms with Crippen LogP contribution < -0.4 is 4.74 Å². The third kappa shape index (κ3) is 2.46. The standard InChI is InChI=1S/C16H12N4O3/c1-23-14-5-3-2-4-12(14)16-13(8-9-17)19-10-11(20(21)22)6-7-15(19)18-16/h2-7,10H,8H2,1H3. The summed E-state index contributed by atoms with van der Waals surface area (Å²) in [4.78, 5) is 15.0. The van der Waals surface area contributed by atoms with Crippen LogP contribution in [0, 0.1) is 21.4 Å². The molecule has 0 saturated carbocycles. The molecular weight excluding hydrogens is 296 g/mol. The number of benzene rings is 1. The van der Waals surface area contributed by atoms with Crippen molar-refractivity contribution in [1.82, 2.24) is 9.38 Å². The van der Waals surface area contributed by atoms with Crippen LogP contribution in [0.3, 0.4) is 0 Å². The number of nitriles is 1. The number of fused-ring (bicyclic) bond motifs is 1. The van der Waals surface area contributed by atoms with Crippen LogP contribution in [0.2, 0.25) is 0 Å². The average molecular weight is 308 g/mol. The maximum absolute atomic E-state index is 11.0. The summed E-state index contributed by atoms with van der Waals surface area (Å²) < 4.78 is 6.94. The molecule has 0 atom stereocenters. The van der Waals surface area contributed by atoms with Gasteiger partial charge >= 0.3 is 0 Å². The maximum Gasteiger partial charge on any atom is 0.286 e. The molecular formula is C16H12N4O3. The van der Waals surface area contributed by atoms with E-state index in [1.807, 2.05) is 18.2 Å². The highest BCUT2D eigenvalue weighted by Gasteiger charge is 2.18. The Morgan fingerprint density at radius 1 is 1.35 bits per heavy atom. The molecule has 3 aromatic rings. The molecule has 2 heterocycles. The minimum Gasteiger partial charge on any atom is -0.496 e. The van der Waals surface area contributed by atoms with Crippen molar-refractivity contribution < 1.29 is 9.66 Å². The van der Waals surface area contributed by atoms with Crippen LogP contribution in [0.25, 0.3) is 16.9 Å². The van der Waals surface area contributed by atoms with Gasteiger partial charge in [-0.1, -0.05) is 12.1 Å². The summed E-state index contributed by atoms with van der Waals surface area (Å²) in [6.07, 6.45) is 1.46. The second-order valence-corrected chi connectivity index (χ2v) is 4.81. The number of rotatable bonds is 4. The summed E-state index contributed by atoms with van der Waals surface area (Å²) in [6.45, 7) is 0. The van der Waals surface area contributed by atoms with Crippen molar-refractivity contribution in [3.05, 3.63) is 58.4 Å². The number of hydrogen-bond donors (Lipinski definition) is 0. The Morgan fingerprint density at radius 3 is 2.83 bits per heavy atom. The van der Waals surface area contributed by atoms with E-state index in [0.29, 0.717) is 22.8 Å². The molecule has 0 unspecified atom stereocenters. The minimum absolute atomic E-state index is 0.0549. The number of nitrogens with zero attached hydrogens (tertiary/aromatic N) is 4. The Hall–Kier alpha value is -3.40. The van der Waals surface area contributed by atoms with Crippen LogP contribution in [0.1, 0.15) is 5.69 Å². The van der Waals surface area contributed by atoms with Gasteiger partial charge in [-0.05, 0) is 18.2 Å². The molecule has 0 radical (unpaired) electrons. The van der Waals surface area contributed by atoms with Crippen molar-refractivity contribution >= 4 is 11.3 Å². The second kappa shape index (κ2) is 5.77. The second-order valence-electron chi connectivity index (χ2n) is 4.81. The van der Waals surface area contributed by atoms with E-state index >= 15 is 0 Å². The van der Waals surface area contributed by atoms with Gasteiger partial charge in [0.2, 0.25) is 0 Å². The number of ether oxygens (including phenoxy) is 1. The number of pyridine rings is 1. The third-order valence-corrected chi connectivity index (χ3v) is 3.52. The summed E-state index contributed by atoms with van der Waals surface area (Å²) in [5.74, 6) is 0.629. The Balaban J connectivity index is 2.30. The zero-order valence-electron chi connectivity index (χ0n) is 12.3. The average Bonchev–Trinajstić information content (AvgIpc) is 2.93. The molecule has 2 aromatic heterocycles. The molecule has 0 bridgehead atoms. The fourth-order valence-corrected chi connectivity index (χ4v) is 2.49. The lowest BCUT2D eigenvalue weighted by atomic mass is 10.1. The van der Waals surface area contributed by atoms with Crippen LogP contribution in [0.5, 0.6) is 5.75 Å². The molecule has 0 aliphatic heterocycles. The molecule has 1 aromatic carbocycles. The number of nitro groups is 1. The van der Waals surface area contributed by atoms with Crippen molar-refractivity contribution in [2.24, 2.45) is 0 Å². The number of methoxy groups -OCH3 is 1. The van der Waals surface area contributed by atoms with Crippen LogP contribution in [0.4, 0.5) is 5.69 Å². The maximum atomic E-state index is 11.0. The fraction of sp³-hybridized carbons (Fsp3) is 0.125. The van der Waals surface area contributed by atoms with E-state index in [2.05, 4.69) is 11.1 Å². The largest absolute Gasteiger partial charge is 0.496 e. The van der Waals surface area contributed by atoms with E-state index in [9.17, 15) is 10.1 Å². The van der Waals surface area contributed by atoms with Gasteiger partial charge in [-0.2, -0.15) is 5.26 Å². The van der Waals surface area contributed by atoms with E-state index in [-0.39, 0.29) is 12.1 Å². The lowest BCUT2D eigenvalue weighted by Crippen LogP contribution is -1.97. The molecule has 0 aliphatic rings. The molecule has 0 saturated heterocycles. The molecule has 23 heavy (non-hydrogen) atoms. The Labute approximate surface area is 131 Å². The number of para-hydroxylation sites is 1. The van der Waals surface area contributed by atoms with Crippen molar-refractivity contribution in [3.63, 3.8) is 0 Å². The summed E-state index contributed by atoms with van der Waals surface area (Å²) >= 11 is 0. The number of imidazole rings is 1. The van der Waals surface area contributed by atoms with Crippen molar-refractivity contribution in [2.75, 3.05) is 7.11 Å². The first-order chi connectivity index (χ1) is 11.2. The quantitative estimate of drug-likeness (QED) is 0.545. The van der Waals surface area contributed by atoms with E-state index in [1.165, 1.54) is 12.3 Å². The Morgan fingerprint density at radius 2 is 2.13 bits per heavy atom. The Kier molecular flexibility index (Phi) is 3.65. The lowest BCUT2D eigenvalue weighted by molar-refractivity contribution is -0.385. The van der Waals surface area contributed by atoms with Crippen LogP contribution >= 0.6 is 0 Å². The van der Waals surface area contributed by atoms with Crippen molar-refractivity contribution in [2.45, 2.75) is 6.42 Å².